The number of hydrogen-bond acceptors (Lipinski definition) is 1. The second kappa shape index (κ2) is 4.36. The van der Waals surface area contributed by atoms with Crippen LogP contribution in [0.15, 0.2) is 0 Å². The number of halogens is 5. The Morgan fingerprint density at radius 3 is 2.00 bits per heavy atom. The van der Waals surface area contributed by atoms with E-state index in [4.69, 9.17) is 4.43 Å². The lowest BCUT2D eigenvalue weighted by atomic mass is 10.1. The van der Waals surface area contributed by atoms with Gasteiger partial charge in [-0.3, -0.25) is 0 Å². The van der Waals surface area contributed by atoms with Crippen molar-refractivity contribution in [1.29, 1.82) is 0 Å². The fraction of sp³-hybridized carbons (Fsp3) is 1.00. The average molecular weight is 222 g/mol. The molecule has 0 aliphatic carbocycles. The van der Waals surface area contributed by atoms with E-state index in [0.717, 1.165) is 0 Å². The molecule has 0 bridgehead atoms. The average Bonchev–Trinajstić information content (AvgIpc) is 1.98. The van der Waals surface area contributed by atoms with Crippen LogP contribution in [0.1, 0.15) is 19.8 Å². The maximum Gasteiger partial charge on any atom is 0.453 e. The maximum absolute atomic E-state index is 12.3. The molecule has 80 valence electrons. The summed E-state index contributed by atoms with van der Waals surface area (Å²) < 4.78 is 64.0. The van der Waals surface area contributed by atoms with E-state index in [9.17, 15) is 22.0 Å². The molecule has 0 N–H and O–H groups in total. The Morgan fingerprint density at radius 2 is 1.69 bits per heavy atom. The summed E-state index contributed by atoms with van der Waals surface area (Å²) >= 11 is 0. The van der Waals surface area contributed by atoms with Gasteiger partial charge in [0.15, 0.2) is 0 Å². The topological polar surface area (TPSA) is 9.23 Å². The summed E-state index contributed by atoms with van der Waals surface area (Å²) in [6.07, 6.45) is -7.46. The molecule has 0 aromatic carbocycles. The van der Waals surface area contributed by atoms with Gasteiger partial charge in [0.25, 0.3) is 0 Å². The van der Waals surface area contributed by atoms with E-state index in [-0.39, 0.29) is 6.42 Å². The summed E-state index contributed by atoms with van der Waals surface area (Å²) in [5, 5.41) is 0. The standard InChI is InChI=1S/C6H11F5OSi/c1-4(12-13)2-3-5(7,8)6(9,10)11/h4H,2-3H2,1,13H3. The van der Waals surface area contributed by atoms with Crippen LogP contribution in [0.2, 0.25) is 0 Å². The first-order chi connectivity index (χ1) is 5.70. The third-order valence-corrected chi connectivity index (χ3v) is 2.49. The lowest BCUT2D eigenvalue weighted by molar-refractivity contribution is -0.285. The Hall–Kier alpha value is -0.173. The predicted octanol–water partition coefficient (Wildman–Crippen LogP) is 1.65. The third kappa shape index (κ3) is 4.03. The molecule has 0 aromatic rings. The summed E-state index contributed by atoms with van der Waals surface area (Å²) in [5.41, 5.74) is 0. The molecular formula is C6H11F5OSi. The second-order valence-corrected chi connectivity index (χ2v) is 3.26. The van der Waals surface area contributed by atoms with Crippen LogP contribution in [0, 0.1) is 0 Å². The normalized spacial score (nSPS) is 16.2. The van der Waals surface area contributed by atoms with Crippen LogP contribution in [0.3, 0.4) is 0 Å². The highest BCUT2D eigenvalue weighted by molar-refractivity contribution is 5.98. The van der Waals surface area contributed by atoms with E-state index in [1.165, 1.54) is 6.92 Å². The molecule has 0 heterocycles. The first-order valence-electron chi connectivity index (χ1n) is 3.68. The quantitative estimate of drug-likeness (QED) is 0.519. The van der Waals surface area contributed by atoms with Crippen molar-refractivity contribution in [2.45, 2.75) is 38.0 Å². The fourth-order valence-electron chi connectivity index (χ4n) is 0.644. The lowest BCUT2D eigenvalue weighted by Gasteiger charge is -2.20. The summed E-state index contributed by atoms with van der Waals surface area (Å²) in [6.45, 7) is 1.47. The van der Waals surface area contributed by atoms with Gasteiger partial charge in [0.2, 0.25) is 0 Å². The first kappa shape index (κ1) is 12.8. The van der Waals surface area contributed by atoms with Crippen molar-refractivity contribution in [2.75, 3.05) is 0 Å². The molecule has 0 saturated heterocycles. The van der Waals surface area contributed by atoms with Gasteiger partial charge < -0.3 is 4.43 Å². The summed E-state index contributed by atoms with van der Waals surface area (Å²) in [7, 11) is 0.337. The third-order valence-electron chi connectivity index (χ3n) is 1.68. The van der Waals surface area contributed by atoms with Crippen LogP contribution in [0.25, 0.3) is 0 Å². The predicted molar refractivity (Wildman–Crippen MR) is 40.7 cm³/mol. The van der Waals surface area contributed by atoms with Crippen molar-refractivity contribution in [3.8, 4) is 0 Å². The van der Waals surface area contributed by atoms with E-state index < -0.39 is 24.6 Å². The molecule has 13 heavy (non-hydrogen) atoms. The van der Waals surface area contributed by atoms with Crippen molar-refractivity contribution < 1.29 is 26.4 Å². The van der Waals surface area contributed by atoms with Gasteiger partial charge in [-0.2, -0.15) is 22.0 Å². The fourth-order valence-corrected chi connectivity index (χ4v) is 0.880. The van der Waals surface area contributed by atoms with Crippen LogP contribution < -0.4 is 0 Å². The molecule has 0 radical (unpaired) electrons. The highest BCUT2D eigenvalue weighted by atomic mass is 28.2. The Balaban J connectivity index is 4.04. The molecule has 1 atom stereocenters. The van der Waals surface area contributed by atoms with Gasteiger partial charge >= 0.3 is 12.1 Å². The lowest BCUT2D eigenvalue weighted by Crippen LogP contribution is -2.37. The minimum absolute atomic E-state index is 0.282. The molecule has 0 amide bonds. The largest absolute Gasteiger partial charge is 0.453 e. The van der Waals surface area contributed by atoms with E-state index >= 15 is 0 Å². The molecule has 0 fully saturated rings. The number of alkyl halides is 5. The number of rotatable bonds is 4. The molecule has 0 aromatic heterocycles. The van der Waals surface area contributed by atoms with Crippen molar-refractivity contribution in [3.05, 3.63) is 0 Å². The Labute approximate surface area is 75.8 Å². The Bertz CT molecular complexity index is 158. The molecule has 0 aliphatic rings. The summed E-state index contributed by atoms with van der Waals surface area (Å²) in [6, 6.07) is 0. The molecule has 1 unspecified atom stereocenters. The first-order valence-corrected chi connectivity index (χ1v) is 4.49. The zero-order valence-corrected chi connectivity index (χ0v) is 9.29. The van der Waals surface area contributed by atoms with Crippen LogP contribution >= 0.6 is 0 Å². The van der Waals surface area contributed by atoms with E-state index in [1.54, 1.807) is 0 Å². The zero-order chi connectivity index (χ0) is 10.7. The second-order valence-electron chi connectivity index (χ2n) is 2.79. The minimum atomic E-state index is -5.45. The molecule has 7 heteroatoms. The van der Waals surface area contributed by atoms with Gasteiger partial charge in [-0.05, 0) is 13.3 Å². The van der Waals surface area contributed by atoms with Crippen LogP contribution in [-0.2, 0) is 4.43 Å². The smallest absolute Gasteiger partial charge is 0.425 e. The molecular weight excluding hydrogens is 211 g/mol. The van der Waals surface area contributed by atoms with Gasteiger partial charge in [-0.15, -0.1) is 0 Å². The highest BCUT2D eigenvalue weighted by Gasteiger charge is 2.56. The Kier molecular flexibility index (Phi) is 4.30. The number of hydrogen-bond donors (Lipinski definition) is 0. The van der Waals surface area contributed by atoms with Crippen molar-refractivity contribution >= 4 is 10.5 Å². The molecule has 0 spiro atoms. The molecule has 0 saturated carbocycles. The molecule has 1 nitrogen and oxygen atoms in total. The maximum atomic E-state index is 12.3. The van der Waals surface area contributed by atoms with Crippen LogP contribution in [-0.4, -0.2) is 28.7 Å². The van der Waals surface area contributed by atoms with Gasteiger partial charge in [0, 0.05) is 12.5 Å². The van der Waals surface area contributed by atoms with E-state index in [0.29, 0.717) is 10.5 Å². The van der Waals surface area contributed by atoms with Crippen molar-refractivity contribution in [3.63, 3.8) is 0 Å². The molecule has 0 aliphatic heterocycles. The highest BCUT2D eigenvalue weighted by Crippen LogP contribution is 2.39. The van der Waals surface area contributed by atoms with Gasteiger partial charge in [0.1, 0.15) is 10.5 Å². The summed E-state index contributed by atoms with van der Waals surface area (Å²) in [4.78, 5) is 0. The zero-order valence-electron chi connectivity index (χ0n) is 7.29. The minimum Gasteiger partial charge on any atom is -0.425 e. The van der Waals surface area contributed by atoms with Gasteiger partial charge in [-0.25, -0.2) is 0 Å². The molecule has 0 rings (SSSR count). The monoisotopic (exact) mass is 222 g/mol. The van der Waals surface area contributed by atoms with Crippen molar-refractivity contribution in [1.82, 2.24) is 0 Å². The SMILES string of the molecule is CC(CCC(F)(F)C(F)(F)F)O[SiH3]. The van der Waals surface area contributed by atoms with E-state index in [2.05, 4.69) is 0 Å². The Morgan fingerprint density at radius 1 is 1.23 bits per heavy atom. The summed E-state index contributed by atoms with van der Waals surface area (Å²) in [5.74, 6) is -4.60. The van der Waals surface area contributed by atoms with Gasteiger partial charge in [-0.1, -0.05) is 0 Å². The van der Waals surface area contributed by atoms with Crippen LogP contribution in [0.4, 0.5) is 22.0 Å². The van der Waals surface area contributed by atoms with E-state index in [1.807, 2.05) is 0 Å². The van der Waals surface area contributed by atoms with Gasteiger partial charge in [0.05, 0.1) is 0 Å². The van der Waals surface area contributed by atoms with Crippen LogP contribution in [0.5, 0.6) is 0 Å². The van der Waals surface area contributed by atoms with Crippen molar-refractivity contribution in [2.24, 2.45) is 0 Å².